The van der Waals surface area contributed by atoms with E-state index >= 15 is 0 Å². The summed E-state index contributed by atoms with van der Waals surface area (Å²) in [4.78, 5) is 18.2. The second-order valence-corrected chi connectivity index (χ2v) is 4.31. The van der Waals surface area contributed by atoms with Crippen molar-refractivity contribution in [2.75, 3.05) is 0 Å². The van der Waals surface area contributed by atoms with Crippen molar-refractivity contribution in [1.82, 2.24) is 0 Å². The van der Waals surface area contributed by atoms with Gasteiger partial charge in [-0.05, 0) is 24.3 Å². The number of aromatic hydroxyl groups is 2. The number of para-hydroxylation sites is 4. The van der Waals surface area contributed by atoms with Crippen LogP contribution in [0.1, 0.15) is 0 Å². The topological polar surface area (TPSA) is 108 Å². The summed E-state index contributed by atoms with van der Waals surface area (Å²) >= 11 is 0. The van der Waals surface area contributed by atoms with Crippen molar-refractivity contribution in [2.24, 2.45) is 9.98 Å². The van der Waals surface area contributed by atoms with Crippen LogP contribution in [0.2, 0.25) is 0 Å². The number of phenolic OH excluding ortho intramolecular Hbond substituents is 2. The quantitative estimate of drug-likeness (QED) is 0.502. The predicted molar refractivity (Wildman–Crippen MR) is 83.3 cm³/mol. The van der Waals surface area contributed by atoms with Crippen molar-refractivity contribution in [2.45, 2.75) is 6.04 Å². The van der Waals surface area contributed by atoms with Crippen LogP contribution in [-0.4, -0.2) is 33.6 Å². The fourth-order valence-corrected chi connectivity index (χ4v) is 1.61. The Morgan fingerprint density at radius 2 is 1.32 bits per heavy atom. The first-order valence-corrected chi connectivity index (χ1v) is 6.36. The lowest BCUT2D eigenvalue weighted by Crippen LogP contribution is -2.22. The highest BCUT2D eigenvalue weighted by atomic mass is 16.6. The van der Waals surface area contributed by atoms with Gasteiger partial charge in [0.1, 0.15) is 22.9 Å². The van der Waals surface area contributed by atoms with Gasteiger partial charge in [0.25, 0.3) is 6.04 Å². The number of phenols is 2. The fourth-order valence-electron chi connectivity index (χ4n) is 1.61. The zero-order chi connectivity index (χ0) is 15.9. The number of benzene rings is 2. The number of nitrogens with zero attached hydrogens (tertiary/aromatic N) is 3. The summed E-state index contributed by atoms with van der Waals surface area (Å²) in [5, 5.41) is 30.1. The van der Waals surface area contributed by atoms with Gasteiger partial charge in [-0.25, -0.2) is 9.98 Å². The highest BCUT2D eigenvalue weighted by Gasteiger charge is 2.14. The van der Waals surface area contributed by atoms with Gasteiger partial charge in [-0.15, -0.1) is 0 Å². The average Bonchev–Trinajstić information content (AvgIpc) is 2.50. The first-order chi connectivity index (χ1) is 10.6. The van der Waals surface area contributed by atoms with Crippen LogP contribution in [0.4, 0.5) is 11.4 Å². The van der Waals surface area contributed by atoms with Crippen LogP contribution in [0, 0.1) is 10.1 Å². The maximum atomic E-state index is 11.0. The molecule has 0 aromatic heterocycles. The molecule has 2 N–H and O–H groups in total. The van der Waals surface area contributed by atoms with E-state index < -0.39 is 11.0 Å². The molecule has 2 aromatic rings. The molecule has 2 aromatic carbocycles. The van der Waals surface area contributed by atoms with Crippen LogP contribution < -0.4 is 0 Å². The molecule has 0 aliphatic rings. The summed E-state index contributed by atoms with van der Waals surface area (Å²) in [7, 11) is 0. The van der Waals surface area contributed by atoms with Crippen LogP contribution in [0.25, 0.3) is 0 Å². The normalized spacial score (nSPS) is 12.7. The Kier molecular flexibility index (Phi) is 4.81. The molecule has 0 atom stereocenters. The van der Waals surface area contributed by atoms with Crippen molar-refractivity contribution in [3.05, 3.63) is 58.6 Å². The molecule has 7 heteroatoms. The molecule has 22 heavy (non-hydrogen) atoms. The summed E-state index contributed by atoms with van der Waals surface area (Å²) in [6.07, 6.45) is 2.14. The largest absolute Gasteiger partial charge is 0.506 e. The molecule has 2 rings (SSSR count). The second kappa shape index (κ2) is 6.98. The molecular formula is C15H13N3O4. The number of hydrogen-bond acceptors (Lipinski definition) is 6. The third kappa shape index (κ3) is 3.89. The average molecular weight is 299 g/mol. The third-order valence-electron chi connectivity index (χ3n) is 2.74. The lowest BCUT2D eigenvalue weighted by molar-refractivity contribution is -0.482. The summed E-state index contributed by atoms with van der Waals surface area (Å²) in [6, 6.07) is 11.2. The molecule has 0 saturated heterocycles. The van der Waals surface area contributed by atoms with Crippen molar-refractivity contribution in [3.63, 3.8) is 0 Å². The first kappa shape index (κ1) is 15.2. The lowest BCUT2D eigenvalue weighted by atomic mass is 10.3. The molecule has 0 amide bonds. The molecular weight excluding hydrogens is 286 g/mol. The monoisotopic (exact) mass is 299 g/mol. The van der Waals surface area contributed by atoms with Gasteiger partial charge in [-0.3, -0.25) is 10.1 Å². The highest BCUT2D eigenvalue weighted by Crippen LogP contribution is 2.25. The Hall–Kier alpha value is -3.22. The number of hydrogen-bond donors (Lipinski definition) is 2. The van der Waals surface area contributed by atoms with Crippen molar-refractivity contribution in [3.8, 4) is 11.5 Å². The summed E-state index contributed by atoms with van der Waals surface area (Å²) in [5.41, 5.74) is 0.454. The molecule has 0 bridgehead atoms. The van der Waals surface area contributed by atoms with Crippen molar-refractivity contribution in [1.29, 1.82) is 0 Å². The molecule has 0 fully saturated rings. The Morgan fingerprint density at radius 1 is 0.909 bits per heavy atom. The maximum absolute atomic E-state index is 11.0. The van der Waals surface area contributed by atoms with E-state index in [1.807, 2.05) is 0 Å². The second-order valence-electron chi connectivity index (χ2n) is 4.31. The Morgan fingerprint density at radius 3 is 1.68 bits per heavy atom. The molecule has 0 heterocycles. The van der Waals surface area contributed by atoms with E-state index in [0.29, 0.717) is 0 Å². The Balaban J connectivity index is 2.19. The minimum Gasteiger partial charge on any atom is -0.506 e. The third-order valence-corrected chi connectivity index (χ3v) is 2.74. The van der Waals surface area contributed by atoms with Gasteiger partial charge in [0.15, 0.2) is 0 Å². The van der Waals surface area contributed by atoms with Crippen LogP contribution in [0.5, 0.6) is 11.5 Å². The highest BCUT2D eigenvalue weighted by molar-refractivity contribution is 5.89. The SMILES string of the molecule is O=[N+]([O-])C(C=Nc1ccccc1O)C=Nc1ccccc1O. The zero-order valence-corrected chi connectivity index (χ0v) is 11.4. The van der Waals surface area contributed by atoms with Gasteiger partial charge in [-0.1, -0.05) is 24.3 Å². The van der Waals surface area contributed by atoms with Crippen molar-refractivity contribution < 1.29 is 15.1 Å². The van der Waals surface area contributed by atoms with Gasteiger partial charge >= 0.3 is 0 Å². The van der Waals surface area contributed by atoms with E-state index in [4.69, 9.17) is 0 Å². The number of nitro groups is 1. The van der Waals surface area contributed by atoms with Crippen LogP contribution in [0.3, 0.4) is 0 Å². The molecule has 0 saturated carbocycles. The number of aliphatic imine (C=N–C) groups is 2. The fraction of sp³-hybridized carbons (Fsp3) is 0.0667. The summed E-state index contributed by atoms with van der Waals surface area (Å²) in [6.45, 7) is 0. The summed E-state index contributed by atoms with van der Waals surface area (Å²) < 4.78 is 0. The van der Waals surface area contributed by atoms with Crippen LogP contribution in [-0.2, 0) is 0 Å². The predicted octanol–water partition coefficient (Wildman–Crippen LogP) is 2.85. The summed E-state index contributed by atoms with van der Waals surface area (Å²) in [5.74, 6) is -0.142. The van der Waals surface area contributed by atoms with E-state index in [1.165, 1.54) is 24.3 Å². The molecule has 0 unspecified atom stereocenters. The van der Waals surface area contributed by atoms with E-state index in [1.54, 1.807) is 24.3 Å². The molecule has 0 aliphatic carbocycles. The minimum absolute atomic E-state index is 0.0708. The van der Waals surface area contributed by atoms with Crippen LogP contribution >= 0.6 is 0 Å². The molecule has 7 nitrogen and oxygen atoms in total. The number of rotatable bonds is 5. The Bertz CT molecular complexity index is 673. The van der Waals surface area contributed by atoms with Gasteiger partial charge in [0.2, 0.25) is 0 Å². The van der Waals surface area contributed by atoms with E-state index in [2.05, 4.69) is 9.98 Å². The molecule has 0 spiro atoms. The van der Waals surface area contributed by atoms with E-state index in [-0.39, 0.29) is 22.9 Å². The maximum Gasteiger partial charge on any atom is 0.282 e. The molecule has 112 valence electrons. The Labute approximate surface area is 126 Å². The van der Waals surface area contributed by atoms with Crippen molar-refractivity contribution >= 4 is 23.8 Å². The zero-order valence-electron chi connectivity index (χ0n) is 11.4. The standard InChI is InChI=1S/C15H13N3O4/c19-14-7-3-1-5-12(14)16-9-11(18(21)22)10-17-13-6-2-4-8-15(13)20/h1-11,19-20H. The molecule has 0 radical (unpaired) electrons. The minimum atomic E-state index is -1.28. The molecule has 0 aliphatic heterocycles. The van der Waals surface area contributed by atoms with Gasteiger partial charge in [0, 0.05) is 4.92 Å². The van der Waals surface area contributed by atoms with Crippen LogP contribution in [0.15, 0.2) is 58.5 Å². The lowest BCUT2D eigenvalue weighted by Gasteiger charge is -2.00. The van der Waals surface area contributed by atoms with E-state index in [9.17, 15) is 20.3 Å². The van der Waals surface area contributed by atoms with E-state index in [0.717, 1.165) is 12.4 Å². The van der Waals surface area contributed by atoms with Gasteiger partial charge in [-0.2, -0.15) is 0 Å². The van der Waals surface area contributed by atoms with Gasteiger partial charge < -0.3 is 10.2 Å². The first-order valence-electron chi connectivity index (χ1n) is 6.36. The smallest absolute Gasteiger partial charge is 0.282 e. The van der Waals surface area contributed by atoms with Gasteiger partial charge in [0.05, 0.1) is 12.4 Å².